The Labute approximate surface area is 280 Å². The van der Waals surface area contributed by atoms with Crippen LogP contribution < -0.4 is 14.2 Å². The number of alkyl halides is 3. The first-order chi connectivity index (χ1) is 22.5. The molecule has 12 nitrogen and oxygen atoms in total. The van der Waals surface area contributed by atoms with E-state index in [2.05, 4.69) is 10.1 Å². The summed E-state index contributed by atoms with van der Waals surface area (Å²) in [7, 11) is -4.35. The normalized spacial score (nSPS) is 18.4. The summed E-state index contributed by atoms with van der Waals surface area (Å²) in [5.41, 5.74) is -2.35. The van der Waals surface area contributed by atoms with Gasteiger partial charge in [-0.25, -0.2) is 27.6 Å². The van der Waals surface area contributed by atoms with Crippen LogP contribution in [0.5, 0.6) is 11.6 Å². The Balaban J connectivity index is 1.14. The van der Waals surface area contributed by atoms with Crippen LogP contribution in [-0.2, 0) is 10.0 Å². The van der Waals surface area contributed by atoms with E-state index >= 15 is 0 Å². The molecule has 0 radical (unpaired) electrons. The van der Waals surface area contributed by atoms with Crippen LogP contribution in [0, 0.1) is 5.41 Å². The number of carbonyl (C=O) groups excluding carboxylic acids is 1. The Morgan fingerprint density at radius 2 is 1.85 bits per heavy atom. The predicted molar refractivity (Wildman–Crippen MR) is 167 cm³/mol. The fourth-order valence-electron chi connectivity index (χ4n) is 5.84. The number of benzene rings is 1. The van der Waals surface area contributed by atoms with Crippen LogP contribution in [0.25, 0.3) is 5.82 Å². The van der Waals surface area contributed by atoms with Gasteiger partial charge in [0.1, 0.15) is 10.9 Å². The van der Waals surface area contributed by atoms with Crippen molar-refractivity contribution in [3.63, 3.8) is 0 Å². The zero-order valence-electron chi connectivity index (χ0n) is 26.2. The summed E-state index contributed by atoms with van der Waals surface area (Å²) in [5, 5.41) is 13.4. The highest BCUT2D eigenvalue weighted by atomic mass is 35.5. The van der Waals surface area contributed by atoms with E-state index in [0.29, 0.717) is 12.8 Å². The number of carboxylic acid groups (broad SMARTS) is 1. The number of nitrogens with zero attached hydrogens (tertiary/aromatic N) is 4. The lowest BCUT2D eigenvalue weighted by atomic mass is 10.0. The molecule has 1 aliphatic heterocycles. The summed E-state index contributed by atoms with van der Waals surface area (Å²) >= 11 is 6.22. The minimum absolute atomic E-state index is 0.0766. The zero-order valence-corrected chi connectivity index (χ0v) is 27.7. The lowest BCUT2D eigenvalue weighted by Crippen LogP contribution is -2.46. The van der Waals surface area contributed by atoms with Crippen molar-refractivity contribution in [1.82, 2.24) is 24.4 Å². The number of likely N-dealkylation sites (tertiary alicyclic amines) is 1. The van der Waals surface area contributed by atoms with Gasteiger partial charge in [0.25, 0.3) is 15.9 Å². The number of pyridine rings is 1. The lowest BCUT2D eigenvalue weighted by Gasteiger charge is -2.33. The molecule has 17 heteroatoms. The maximum atomic E-state index is 13.1. The molecule has 260 valence electrons. The van der Waals surface area contributed by atoms with Crippen molar-refractivity contribution in [2.75, 3.05) is 13.2 Å². The molecule has 2 fully saturated rings. The van der Waals surface area contributed by atoms with Gasteiger partial charge in [0.05, 0.1) is 29.1 Å². The first kappa shape index (κ1) is 35.3. The minimum atomic E-state index is -4.35. The fourth-order valence-corrected chi connectivity index (χ4v) is 7.08. The molecule has 2 N–H and O–H groups in total. The van der Waals surface area contributed by atoms with Crippen molar-refractivity contribution < 1.29 is 45.8 Å². The second-order valence-corrected chi connectivity index (χ2v) is 14.6. The summed E-state index contributed by atoms with van der Waals surface area (Å²) in [6.07, 6.45) is -1.13. The molecular formula is C31H35ClF3N5O7S. The molecular weight excluding hydrogens is 679 g/mol. The Bertz CT molecular complexity index is 1780. The Morgan fingerprint density at radius 3 is 2.52 bits per heavy atom. The summed E-state index contributed by atoms with van der Waals surface area (Å²) in [6.45, 7) is 3.86. The third-order valence-electron chi connectivity index (χ3n) is 8.77. The van der Waals surface area contributed by atoms with Gasteiger partial charge in [-0.1, -0.05) is 17.7 Å². The molecule has 1 atom stereocenters. The second kappa shape index (κ2) is 13.5. The van der Waals surface area contributed by atoms with Crippen LogP contribution in [0.15, 0.2) is 53.6 Å². The van der Waals surface area contributed by atoms with E-state index < -0.39 is 39.2 Å². The van der Waals surface area contributed by atoms with Crippen molar-refractivity contribution in [1.29, 1.82) is 0 Å². The molecule has 3 aromatic rings. The second-order valence-electron chi connectivity index (χ2n) is 12.5. The Morgan fingerprint density at radius 1 is 1.10 bits per heavy atom. The summed E-state index contributed by atoms with van der Waals surface area (Å²) in [6, 6.07) is 9.54. The summed E-state index contributed by atoms with van der Waals surface area (Å²) in [5.74, 6) is -0.546. The van der Waals surface area contributed by atoms with E-state index in [1.54, 1.807) is 6.07 Å². The van der Waals surface area contributed by atoms with Gasteiger partial charge < -0.3 is 19.5 Å². The van der Waals surface area contributed by atoms with Gasteiger partial charge in [0.15, 0.2) is 5.82 Å². The molecule has 2 aliphatic rings. The smallest absolute Gasteiger partial charge is 0.407 e. The van der Waals surface area contributed by atoms with Crippen LogP contribution in [0.4, 0.5) is 18.0 Å². The van der Waals surface area contributed by atoms with Crippen molar-refractivity contribution in [2.24, 2.45) is 5.41 Å². The van der Waals surface area contributed by atoms with Crippen LogP contribution in [0.3, 0.4) is 0 Å². The quantitative estimate of drug-likeness (QED) is 0.155. The van der Waals surface area contributed by atoms with Crippen molar-refractivity contribution in [3.05, 3.63) is 59.4 Å². The molecule has 0 spiro atoms. The highest BCUT2D eigenvalue weighted by Crippen LogP contribution is 2.59. The monoisotopic (exact) mass is 713 g/mol. The molecule has 0 bridgehead atoms. The molecule has 5 rings (SSSR count). The third kappa shape index (κ3) is 7.80. The Kier molecular flexibility index (Phi) is 9.88. The molecule has 1 aromatic carbocycles. The SMILES string of the molecule is CC1(C)CCC(CCCOc2cccc(S(=O)(=O)NC(=O)c3ccc(-n4ccc(OCCC5(C(F)(F)F)CC5)n4)nc3Cl)c2)N1C(=O)O. The standard InChI is InChI=1S/C31H35ClF3N5O7S/c1-29(2)12-10-20(40(29)28(42)43)5-4-17-46-21-6-3-7-22(19-21)48(44,45)38-27(41)23-8-9-24(36-26(23)32)39-16-11-25(37-39)47-18-15-30(13-14-30)31(33,34)35/h3,6-9,11,16,19-20H,4-5,10,12-15,17-18H2,1-2H3,(H,38,41)(H,42,43). The fraction of sp³-hybridized carbons (Fsp3) is 0.484. The van der Waals surface area contributed by atoms with Gasteiger partial charge in [0, 0.05) is 29.9 Å². The van der Waals surface area contributed by atoms with Gasteiger partial charge in [-0.15, -0.1) is 5.10 Å². The van der Waals surface area contributed by atoms with Gasteiger partial charge in [0.2, 0.25) is 5.88 Å². The molecule has 1 aliphatic carbocycles. The minimum Gasteiger partial charge on any atom is -0.494 e. The lowest BCUT2D eigenvalue weighted by molar-refractivity contribution is -0.190. The number of carbonyl (C=O) groups is 2. The Hall–Kier alpha value is -4.05. The number of rotatable bonds is 13. The summed E-state index contributed by atoms with van der Waals surface area (Å²) < 4.78 is 79.8. The number of aromatic nitrogens is 3. The molecule has 3 heterocycles. The number of hydrogen-bond acceptors (Lipinski definition) is 8. The van der Waals surface area contributed by atoms with Gasteiger partial charge in [-0.2, -0.15) is 13.2 Å². The summed E-state index contributed by atoms with van der Waals surface area (Å²) in [4.78, 5) is 30.0. The number of hydrogen-bond donors (Lipinski definition) is 2. The largest absolute Gasteiger partial charge is 0.494 e. The predicted octanol–water partition coefficient (Wildman–Crippen LogP) is 6.23. The van der Waals surface area contributed by atoms with Crippen LogP contribution >= 0.6 is 11.6 Å². The van der Waals surface area contributed by atoms with E-state index in [9.17, 15) is 36.3 Å². The molecule has 48 heavy (non-hydrogen) atoms. The average Bonchev–Trinajstić information content (AvgIpc) is 3.55. The molecule has 2 aromatic heterocycles. The zero-order chi connectivity index (χ0) is 34.9. The van der Waals surface area contributed by atoms with Crippen molar-refractivity contribution >= 4 is 33.6 Å². The van der Waals surface area contributed by atoms with Crippen LogP contribution in [-0.4, -0.2) is 76.2 Å². The van der Waals surface area contributed by atoms with Crippen LogP contribution in [0.1, 0.15) is 69.2 Å². The van der Waals surface area contributed by atoms with E-state index in [4.69, 9.17) is 21.1 Å². The van der Waals surface area contributed by atoms with E-state index in [0.717, 1.165) is 12.8 Å². The topological polar surface area (TPSA) is 153 Å². The van der Waals surface area contributed by atoms with Gasteiger partial charge in [-0.05, 0) is 83.1 Å². The van der Waals surface area contributed by atoms with Crippen molar-refractivity contribution in [2.45, 2.75) is 81.4 Å². The van der Waals surface area contributed by atoms with E-state index in [1.165, 1.54) is 52.2 Å². The average molecular weight is 714 g/mol. The maximum absolute atomic E-state index is 13.1. The highest BCUT2D eigenvalue weighted by molar-refractivity contribution is 7.90. The van der Waals surface area contributed by atoms with Gasteiger partial charge in [-0.3, -0.25) is 4.79 Å². The molecule has 1 saturated heterocycles. The molecule has 2 amide bonds. The number of halogens is 4. The number of sulfonamides is 1. The highest BCUT2D eigenvalue weighted by Gasteiger charge is 2.62. The third-order valence-corrected chi connectivity index (χ3v) is 10.4. The van der Waals surface area contributed by atoms with Gasteiger partial charge >= 0.3 is 12.3 Å². The molecule has 1 saturated carbocycles. The maximum Gasteiger partial charge on any atom is 0.407 e. The number of nitrogens with one attached hydrogen (secondary N) is 1. The number of amides is 2. The van der Waals surface area contributed by atoms with Crippen LogP contribution in [0.2, 0.25) is 5.15 Å². The first-order valence-corrected chi connectivity index (χ1v) is 17.1. The van der Waals surface area contributed by atoms with E-state index in [1.807, 2.05) is 18.6 Å². The first-order valence-electron chi connectivity index (χ1n) is 15.3. The van der Waals surface area contributed by atoms with Crippen molar-refractivity contribution in [3.8, 4) is 17.4 Å². The molecule has 1 unspecified atom stereocenters. The van der Waals surface area contributed by atoms with E-state index in [-0.39, 0.29) is 71.6 Å². The number of ether oxygens (including phenoxy) is 2.